The quantitative estimate of drug-likeness (QED) is 0.479. The van der Waals surface area contributed by atoms with E-state index in [1.807, 2.05) is 73.7 Å². The predicted octanol–water partition coefficient (Wildman–Crippen LogP) is 4.86. The lowest BCUT2D eigenvalue weighted by Gasteiger charge is -2.02. The van der Waals surface area contributed by atoms with Gasteiger partial charge in [-0.2, -0.15) is 0 Å². The van der Waals surface area contributed by atoms with E-state index in [4.69, 9.17) is 14.2 Å². The summed E-state index contributed by atoms with van der Waals surface area (Å²) >= 11 is 0. The highest BCUT2D eigenvalue weighted by molar-refractivity contribution is 6.12. The number of ether oxygens (including phenoxy) is 3. The van der Waals surface area contributed by atoms with Gasteiger partial charge in [0, 0.05) is 5.56 Å². The Bertz CT molecular complexity index is 1240. The Balaban J connectivity index is 1.43. The zero-order chi connectivity index (χ0) is 19.8. The zero-order valence-corrected chi connectivity index (χ0v) is 15.7. The summed E-state index contributed by atoms with van der Waals surface area (Å²) in [6.07, 6.45) is 3.67. The molecule has 0 saturated heterocycles. The maximum atomic E-state index is 12.3. The fourth-order valence-corrected chi connectivity index (χ4v) is 3.38. The second-order valence-electron chi connectivity index (χ2n) is 6.90. The molecule has 5 nitrogen and oxygen atoms in total. The zero-order valence-electron chi connectivity index (χ0n) is 15.7. The molecule has 0 spiro atoms. The molecule has 0 aliphatic carbocycles. The maximum Gasteiger partial charge on any atom is 0.363 e. The van der Waals surface area contributed by atoms with Gasteiger partial charge in [0.25, 0.3) is 0 Å². The number of nitrogens with zero attached hydrogens (tertiary/aromatic N) is 1. The predicted molar refractivity (Wildman–Crippen MR) is 111 cm³/mol. The van der Waals surface area contributed by atoms with Crippen molar-refractivity contribution in [1.82, 2.24) is 0 Å². The Morgan fingerprint density at radius 3 is 2.69 bits per heavy atom. The van der Waals surface area contributed by atoms with E-state index < -0.39 is 5.97 Å². The van der Waals surface area contributed by atoms with Crippen LogP contribution in [0.15, 0.2) is 83.0 Å². The Morgan fingerprint density at radius 1 is 0.966 bits per heavy atom. The monoisotopic (exact) mass is 383 g/mol. The van der Waals surface area contributed by atoms with Gasteiger partial charge in [0.05, 0.1) is 0 Å². The molecule has 2 aliphatic heterocycles. The summed E-state index contributed by atoms with van der Waals surface area (Å²) in [5, 5.41) is 2.19. The van der Waals surface area contributed by atoms with Crippen LogP contribution in [-0.2, 0) is 9.53 Å². The summed E-state index contributed by atoms with van der Waals surface area (Å²) in [6, 6.07) is 19.6. The molecule has 2 aliphatic rings. The summed E-state index contributed by atoms with van der Waals surface area (Å²) in [5.41, 5.74) is 2.88. The van der Waals surface area contributed by atoms with Crippen LogP contribution in [0.3, 0.4) is 0 Å². The molecule has 5 heteroatoms. The van der Waals surface area contributed by atoms with Gasteiger partial charge in [-0.25, -0.2) is 9.79 Å². The topological polar surface area (TPSA) is 57.1 Å². The van der Waals surface area contributed by atoms with Crippen molar-refractivity contribution in [3.05, 3.63) is 89.1 Å². The molecule has 2 heterocycles. The molecular weight excluding hydrogens is 366 g/mol. The third kappa shape index (κ3) is 3.38. The van der Waals surface area contributed by atoms with Crippen LogP contribution < -0.4 is 9.47 Å². The molecule has 3 aromatic carbocycles. The van der Waals surface area contributed by atoms with Crippen LogP contribution in [0.5, 0.6) is 11.5 Å². The lowest BCUT2D eigenvalue weighted by Crippen LogP contribution is -2.05. The molecule has 0 amide bonds. The second kappa shape index (κ2) is 6.95. The maximum absolute atomic E-state index is 12.3. The molecule has 3 aromatic rings. The van der Waals surface area contributed by atoms with Crippen LogP contribution >= 0.6 is 0 Å². The molecule has 0 N–H and O–H groups in total. The van der Waals surface area contributed by atoms with Crippen molar-refractivity contribution in [2.45, 2.75) is 6.92 Å². The van der Waals surface area contributed by atoms with Gasteiger partial charge in [0.2, 0.25) is 12.7 Å². The van der Waals surface area contributed by atoms with Crippen molar-refractivity contribution in [2.75, 3.05) is 6.79 Å². The van der Waals surface area contributed by atoms with Crippen molar-refractivity contribution in [3.8, 4) is 11.5 Å². The Labute approximate surface area is 167 Å². The normalized spacial score (nSPS) is 17.0. The highest BCUT2D eigenvalue weighted by Gasteiger charge is 2.24. The largest absolute Gasteiger partial charge is 0.454 e. The van der Waals surface area contributed by atoms with Crippen LogP contribution in [0, 0.1) is 0 Å². The lowest BCUT2D eigenvalue weighted by molar-refractivity contribution is -0.130. The summed E-state index contributed by atoms with van der Waals surface area (Å²) in [4.78, 5) is 16.7. The van der Waals surface area contributed by atoms with E-state index in [0.717, 1.165) is 39.0 Å². The smallest absolute Gasteiger partial charge is 0.363 e. The molecule has 142 valence electrons. The summed E-state index contributed by atoms with van der Waals surface area (Å²) in [6.45, 7) is 2.15. The van der Waals surface area contributed by atoms with E-state index in [2.05, 4.69) is 4.99 Å². The number of aliphatic imine (C=N–C) groups is 1. The van der Waals surface area contributed by atoms with Gasteiger partial charge in [0.1, 0.15) is 0 Å². The van der Waals surface area contributed by atoms with E-state index >= 15 is 0 Å². The molecule has 29 heavy (non-hydrogen) atoms. The first-order valence-electron chi connectivity index (χ1n) is 9.25. The summed E-state index contributed by atoms with van der Waals surface area (Å²) < 4.78 is 16.1. The van der Waals surface area contributed by atoms with Crippen LogP contribution in [0.4, 0.5) is 0 Å². The van der Waals surface area contributed by atoms with Gasteiger partial charge in [-0.1, -0.05) is 42.5 Å². The first kappa shape index (κ1) is 17.3. The van der Waals surface area contributed by atoms with Crippen LogP contribution in [0.1, 0.15) is 18.1 Å². The number of hydrogen-bond acceptors (Lipinski definition) is 5. The molecule has 0 atom stereocenters. The van der Waals surface area contributed by atoms with Gasteiger partial charge >= 0.3 is 5.97 Å². The third-order valence-corrected chi connectivity index (χ3v) is 4.77. The second-order valence-corrected chi connectivity index (χ2v) is 6.90. The Kier molecular flexibility index (Phi) is 4.13. The number of carbonyl (C=O) groups excluding carboxylic acids is 1. The van der Waals surface area contributed by atoms with Crippen LogP contribution in [-0.4, -0.2) is 18.7 Å². The van der Waals surface area contributed by atoms with Gasteiger partial charge in [-0.15, -0.1) is 0 Å². The molecule has 5 rings (SSSR count). The minimum atomic E-state index is -0.452. The molecule has 0 bridgehead atoms. The van der Waals surface area contributed by atoms with E-state index in [1.54, 1.807) is 6.08 Å². The number of hydrogen-bond donors (Lipinski definition) is 0. The minimum Gasteiger partial charge on any atom is -0.454 e. The highest BCUT2D eigenvalue weighted by atomic mass is 16.7. The molecule has 0 aromatic heterocycles. The van der Waals surface area contributed by atoms with E-state index in [-0.39, 0.29) is 12.5 Å². The number of allylic oxidation sites excluding steroid dienone is 2. The average molecular weight is 383 g/mol. The van der Waals surface area contributed by atoms with Crippen molar-refractivity contribution in [3.63, 3.8) is 0 Å². The van der Waals surface area contributed by atoms with Gasteiger partial charge < -0.3 is 14.2 Å². The van der Waals surface area contributed by atoms with Crippen LogP contribution in [0.2, 0.25) is 0 Å². The van der Waals surface area contributed by atoms with E-state index in [0.29, 0.717) is 5.90 Å². The van der Waals surface area contributed by atoms with Gasteiger partial charge in [-0.05, 0) is 59.2 Å². The lowest BCUT2D eigenvalue weighted by atomic mass is 10.1. The standard InChI is InChI=1S/C24H17NO4/c1-15(10-16-6-9-21-22(12-16)28-14-27-21)11-20-24(26)29-23(25-20)19-8-7-17-4-2-3-5-18(17)13-19/h2-13H,14H2,1H3. The average Bonchev–Trinajstić information content (AvgIpc) is 3.34. The minimum absolute atomic E-state index is 0.240. The first-order chi connectivity index (χ1) is 14.2. The fraction of sp³-hybridized carbons (Fsp3) is 0.0833. The Hall–Kier alpha value is -3.86. The van der Waals surface area contributed by atoms with Gasteiger partial charge in [0.15, 0.2) is 17.2 Å². The molecule has 0 saturated carbocycles. The number of fused-ring (bicyclic) bond motifs is 2. The Morgan fingerprint density at radius 2 is 1.79 bits per heavy atom. The van der Waals surface area contributed by atoms with Crippen LogP contribution in [0.25, 0.3) is 16.8 Å². The number of rotatable bonds is 3. The summed E-state index contributed by atoms with van der Waals surface area (Å²) in [5.74, 6) is 1.33. The molecule has 0 unspecified atom stereocenters. The SMILES string of the molecule is CC(=Cc1ccc2c(c1)OCO2)C=C1N=C(c2ccc3ccccc3c2)OC1=O. The first-order valence-corrected chi connectivity index (χ1v) is 9.25. The van der Waals surface area contributed by atoms with Crippen molar-refractivity contribution >= 4 is 28.7 Å². The van der Waals surface area contributed by atoms with E-state index in [1.165, 1.54) is 0 Å². The third-order valence-electron chi connectivity index (χ3n) is 4.77. The van der Waals surface area contributed by atoms with Gasteiger partial charge in [-0.3, -0.25) is 0 Å². The number of carbonyl (C=O) groups is 1. The van der Waals surface area contributed by atoms with E-state index in [9.17, 15) is 4.79 Å². The van der Waals surface area contributed by atoms with Crippen molar-refractivity contribution in [2.24, 2.45) is 4.99 Å². The number of benzene rings is 3. The summed E-state index contributed by atoms with van der Waals surface area (Å²) in [7, 11) is 0. The van der Waals surface area contributed by atoms with Crippen molar-refractivity contribution < 1.29 is 19.0 Å². The number of cyclic esters (lactones) is 1. The fourth-order valence-electron chi connectivity index (χ4n) is 3.38. The highest BCUT2D eigenvalue weighted by Crippen LogP contribution is 2.33. The number of esters is 1. The molecular formula is C24H17NO4. The molecule has 0 fully saturated rings. The van der Waals surface area contributed by atoms with Crippen molar-refractivity contribution in [1.29, 1.82) is 0 Å². The molecule has 0 radical (unpaired) electrons.